The maximum Gasteiger partial charge on any atom is 0.378 e. The van der Waals surface area contributed by atoms with Gasteiger partial charge in [0.15, 0.2) is 0 Å². The van der Waals surface area contributed by atoms with Crippen LogP contribution in [0.4, 0.5) is 4.39 Å². The monoisotopic (exact) mass is 198 g/mol. The van der Waals surface area contributed by atoms with Crippen molar-refractivity contribution in [2.75, 3.05) is 0 Å². The van der Waals surface area contributed by atoms with Crippen molar-refractivity contribution in [3.63, 3.8) is 0 Å². The molecule has 3 nitrogen and oxygen atoms in total. The van der Waals surface area contributed by atoms with Gasteiger partial charge in [-0.25, -0.2) is 4.79 Å². The molecule has 1 aromatic carbocycles. The molecule has 0 bridgehead atoms. The fraction of sp³-hybridized carbons (Fsp3) is 0.300. The number of benzene rings is 1. The topological polar surface area (TPSA) is 46.5 Å². The van der Waals surface area contributed by atoms with Crippen LogP contribution in [-0.2, 0) is 4.79 Å². The second-order valence-electron chi connectivity index (χ2n) is 2.97. The van der Waals surface area contributed by atoms with Crippen LogP contribution in [0.25, 0.3) is 0 Å². The standard InChI is InChI=1S/C10H11FO3/c1-6-4-3-5-8(7(6)2)14-9(11)10(12)13/h3-5,9H,1-2H3,(H,12,13). The molecule has 1 unspecified atom stereocenters. The molecular weight excluding hydrogens is 187 g/mol. The van der Waals surface area contributed by atoms with Gasteiger partial charge in [-0.1, -0.05) is 12.1 Å². The fourth-order valence-corrected chi connectivity index (χ4v) is 1.01. The van der Waals surface area contributed by atoms with Crippen molar-refractivity contribution in [3.05, 3.63) is 29.3 Å². The van der Waals surface area contributed by atoms with Crippen LogP contribution in [-0.4, -0.2) is 17.4 Å². The molecule has 4 heteroatoms. The molecule has 0 aromatic heterocycles. The zero-order valence-electron chi connectivity index (χ0n) is 7.95. The molecule has 76 valence electrons. The Hall–Kier alpha value is -1.58. The second-order valence-corrected chi connectivity index (χ2v) is 2.97. The van der Waals surface area contributed by atoms with Gasteiger partial charge in [0.05, 0.1) is 0 Å². The van der Waals surface area contributed by atoms with E-state index in [-0.39, 0.29) is 5.75 Å². The zero-order chi connectivity index (χ0) is 10.7. The number of rotatable bonds is 3. The van der Waals surface area contributed by atoms with Crippen LogP contribution in [0.3, 0.4) is 0 Å². The third-order valence-electron chi connectivity index (χ3n) is 1.98. The summed E-state index contributed by atoms with van der Waals surface area (Å²) in [6.07, 6.45) is -2.31. The van der Waals surface area contributed by atoms with Crippen LogP contribution in [0, 0.1) is 13.8 Å². The number of hydrogen-bond acceptors (Lipinski definition) is 2. The van der Waals surface area contributed by atoms with E-state index in [2.05, 4.69) is 4.74 Å². The summed E-state index contributed by atoms with van der Waals surface area (Å²) >= 11 is 0. The zero-order valence-corrected chi connectivity index (χ0v) is 7.95. The molecule has 0 aliphatic heterocycles. The smallest absolute Gasteiger partial charge is 0.378 e. The van der Waals surface area contributed by atoms with E-state index in [1.54, 1.807) is 13.0 Å². The predicted molar refractivity (Wildman–Crippen MR) is 49.1 cm³/mol. The van der Waals surface area contributed by atoms with Crippen molar-refractivity contribution in [1.82, 2.24) is 0 Å². The Morgan fingerprint density at radius 1 is 1.50 bits per heavy atom. The van der Waals surface area contributed by atoms with E-state index in [1.165, 1.54) is 6.07 Å². The maximum absolute atomic E-state index is 12.7. The third-order valence-corrected chi connectivity index (χ3v) is 1.98. The molecule has 1 atom stereocenters. The van der Waals surface area contributed by atoms with E-state index in [0.29, 0.717) is 0 Å². The summed E-state index contributed by atoms with van der Waals surface area (Å²) in [5.74, 6) is -1.36. The highest BCUT2D eigenvalue weighted by Crippen LogP contribution is 2.21. The first kappa shape index (κ1) is 10.5. The molecular formula is C10H11FO3. The van der Waals surface area contributed by atoms with E-state index in [4.69, 9.17) is 5.11 Å². The van der Waals surface area contributed by atoms with Gasteiger partial charge in [0.25, 0.3) is 0 Å². The summed E-state index contributed by atoms with van der Waals surface area (Å²) < 4.78 is 17.3. The third kappa shape index (κ3) is 2.22. The lowest BCUT2D eigenvalue weighted by Gasteiger charge is -2.11. The van der Waals surface area contributed by atoms with Gasteiger partial charge in [0.2, 0.25) is 0 Å². The number of carboxylic acid groups (broad SMARTS) is 1. The molecule has 0 heterocycles. The van der Waals surface area contributed by atoms with Crippen molar-refractivity contribution < 1.29 is 19.0 Å². The van der Waals surface area contributed by atoms with Crippen molar-refractivity contribution in [3.8, 4) is 5.75 Å². The summed E-state index contributed by atoms with van der Waals surface area (Å²) in [5.41, 5.74) is 1.68. The van der Waals surface area contributed by atoms with Crippen LogP contribution in [0.15, 0.2) is 18.2 Å². The van der Waals surface area contributed by atoms with Gasteiger partial charge in [-0.3, -0.25) is 0 Å². The lowest BCUT2D eigenvalue weighted by atomic mass is 10.1. The van der Waals surface area contributed by atoms with Crippen LogP contribution in [0.1, 0.15) is 11.1 Å². The number of halogens is 1. The van der Waals surface area contributed by atoms with Gasteiger partial charge in [-0.15, -0.1) is 0 Å². The summed E-state index contributed by atoms with van der Waals surface area (Å²) in [5, 5.41) is 8.30. The van der Waals surface area contributed by atoms with Crippen molar-refractivity contribution in [1.29, 1.82) is 0 Å². The van der Waals surface area contributed by atoms with Gasteiger partial charge in [0.1, 0.15) is 5.75 Å². The van der Waals surface area contributed by atoms with Crippen LogP contribution < -0.4 is 4.74 Å². The Bertz CT molecular complexity index is 349. The highest BCUT2D eigenvalue weighted by Gasteiger charge is 2.18. The molecule has 0 aliphatic rings. The van der Waals surface area contributed by atoms with E-state index in [9.17, 15) is 9.18 Å². The van der Waals surface area contributed by atoms with Gasteiger partial charge in [0, 0.05) is 0 Å². The Morgan fingerprint density at radius 2 is 2.14 bits per heavy atom. The minimum Gasteiger partial charge on any atom is -0.476 e. The fourth-order valence-electron chi connectivity index (χ4n) is 1.01. The van der Waals surface area contributed by atoms with Gasteiger partial charge >= 0.3 is 12.3 Å². The summed E-state index contributed by atoms with van der Waals surface area (Å²) in [6, 6.07) is 5.07. The first-order chi connectivity index (χ1) is 6.52. The highest BCUT2D eigenvalue weighted by atomic mass is 19.1. The van der Waals surface area contributed by atoms with Crippen molar-refractivity contribution in [2.45, 2.75) is 20.2 Å². The molecule has 1 N–H and O–H groups in total. The van der Waals surface area contributed by atoms with Gasteiger partial charge in [-0.2, -0.15) is 4.39 Å². The Morgan fingerprint density at radius 3 is 2.71 bits per heavy atom. The Labute approximate surface area is 81.1 Å². The molecule has 0 aliphatic carbocycles. The second kappa shape index (κ2) is 4.09. The summed E-state index contributed by atoms with van der Waals surface area (Å²) in [4.78, 5) is 10.2. The molecule has 0 amide bonds. The highest BCUT2D eigenvalue weighted by molar-refractivity contribution is 5.71. The van der Waals surface area contributed by atoms with Gasteiger partial charge in [-0.05, 0) is 31.0 Å². The number of carbonyl (C=O) groups is 1. The Balaban J connectivity index is 2.87. The van der Waals surface area contributed by atoms with E-state index >= 15 is 0 Å². The number of hydrogen-bond donors (Lipinski definition) is 1. The van der Waals surface area contributed by atoms with Crippen LogP contribution >= 0.6 is 0 Å². The normalized spacial score (nSPS) is 12.2. The van der Waals surface area contributed by atoms with E-state index < -0.39 is 12.3 Å². The number of alkyl halides is 1. The molecule has 1 rings (SSSR count). The number of ether oxygens (including phenoxy) is 1. The van der Waals surface area contributed by atoms with Crippen molar-refractivity contribution >= 4 is 5.97 Å². The minimum atomic E-state index is -2.31. The molecule has 0 saturated heterocycles. The quantitative estimate of drug-likeness (QED) is 0.808. The molecule has 0 saturated carbocycles. The van der Waals surface area contributed by atoms with Crippen LogP contribution in [0.5, 0.6) is 5.75 Å². The van der Waals surface area contributed by atoms with Crippen molar-refractivity contribution in [2.24, 2.45) is 0 Å². The Kier molecular flexibility index (Phi) is 3.06. The van der Waals surface area contributed by atoms with E-state index in [0.717, 1.165) is 11.1 Å². The average Bonchev–Trinajstić information content (AvgIpc) is 2.12. The first-order valence-electron chi connectivity index (χ1n) is 4.12. The molecule has 0 radical (unpaired) electrons. The summed E-state index contributed by atoms with van der Waals surface area (Å²) in [7, 11) is 0. The number of carboxylic acids is 1. The summed E-state index contributed by atoms with van der Waals surface area (Å²) in [6.45, 7) is 3.59. The molecule has 0 spiro atoms. The van der Waals surface area contributed by atoms with Crippen LogP contribution in [0.2, 0.25) is 0 Å². The first-order valence-corrected chi connectivity index (χ1v) is 4.12. The SMILES string of the molecule is Cc1cccc(OC(F)C(=O)O)c1C. The predicted octanol–water partition coefficient (Wildman–Crippen LogP) is 2.06. The van der Waals surface area contributed by atoms with Gasteiger partial charge < -0.3 is 9.84 Å². The largest absolute Gasteiger partial charge is 0.476 e. The molecule has 0 fully saturated rings. The lowest BCUT2D eigenvalue weighted by Crippen LogP contribution is -2.21. The maximum atomic E-state index is 12.7. The molecule has 1 aromatic rings. The number of aliphatic carboxylic acids is 1. The molecule has 14 heavy (non-hydrogen) atoms. The number of aryl methyl sites for hydroxylation is 1. The lowest BCUT2D eigenvalue weighted by molar-refractivity contribution is -0.153. The minimum absolute atomic E-state index is 0.264. The van der Waals surface area contributed by atoms with E-state index in [1.807, 2.05) is 13.0 Å². The average molecular weight is 198 g/mol.